The van der Waals surface area contributed by atoms with Crippen LogP contribution in [0.15, 0.2) is 18.5 Å². The topological polar surface area (TPSA) is 150 Å². The Morgan fingerprint density at radius 3 is 2.75 bits per heavy atom. The van der Waals surface area contributed by atoms with Crippen LogP contribution < -0.4 is 22.3 Å². The van der Waals surface area contributed by atoms with E-state index in [9.17, 15) is 4.79 Å². The Kier molecular flexibility index (Phi) is 4.05. The van der Waals surface area contributed by atoms with Gasteiger partial charge in [0.25, 0.3) is 5.95 Å². The molecule has 2 rings (SSSR count). The van der Waals surface area contributed by atoms with E-state index in [-0.39, 0.29) is 24.4 Å². The molecule has 6 N–H and O–H groups in total. The minimum absolute atomic E-state index is 0.161. The van der Waals surface area contributed by atoms with Gasteiger partial charge in [0.05, 0.1) is 0 Å². The molecule has 0 aliphatic rings. The van der Waals surface area contributed by atoms with Crippen LogP contribution in [0.1, 0.15) is 13.3 Å². The van der Waals surface area contributed by atoms with Crippen LogP contribution >= 0.6 is 0 Å². The third kappa shape index (κ3) is 3.38. The lowest BCUT2D eigenvalue weighted by Gasteiger charge is -2.13. The number of nitrogen functional groups attached to an aromatic ring is 1. The number of nitrogens with two attached hydrogens (primary N) is 2. The van der Waals surface area contributed by atoms with Gasteiger partial charge in [0.1, 0.15) is 0 Å². The zero-order valence-corrected chi connectivity index (χ0v) is 10.8. The zero-order chi connectivity index (χ0) is 14.5. The first-order chi connectivity index (χ1) is 9.58. The number of hydrogen-bond acceptors (Lipinski definition) is 8. The second-order valence-electron chi connectivity index (χ2n) is 4.09. The molecule has 0 aliphatic heterocycles. The number of carbonyl (C=O) groups is 1. The number of aromatic nitrogens is 5. The van der Waals surface area contributed by atoms with Gasteiger partial charge in [-0.3, -0.25) is 10.2 Å². The van der Waals surface area contributed by atoms with Gasteiger partial charge in [0, 0.05) is 24.9 Å². The van der Waals surface area contributed by atoms with Gasteiger partial charge in [-0.25, -0.2) is 10.5 Å². The van der Waals surface area contributed by atoms with E-state index in [1.54, 1.807) is 25.4 Å². The van der Waals surface area contributed by atoms with Crippen molar-refractivity contribution in [2.75, 3.05) is 10.7 Å². The lowest BCUT2D eigenvalue weighted by molar-refractivity contribution is -0.118. The summed E-state index contributed by atoms with van der Waals surface area (Å²) in [5, 5.41) is 6.97. The van der Waals surface area contributed by atoms with E-state index in [0.29, 0.717) is 5.95 Å². The molecule has 10 heteroatoms. The summed E-state index contributed by atoms with van der Waals surface area (Å²) in [6, 6.07) is 1.52. The molecule has 0 spiro atoms. The van der Waals surface area contributed by atoms with Gasteiger partial charge in [-0.15, -0.1) is 0 Å². The van der Waals surface area contributed by atoms with Crippen LogP contribution in [-0.4, -0.2) is 36.7 Å². The zero-order valence-electron chi connectivity index (χ0n) is 10.8. The third-order valence-electron chi connectivity index (χ3n) is 2.34. The Morgan fingerprint density at radius 1 is 1.40 bits per heavy atom. The van der Waals surface area contributed by atoms with Gasteiger partial charge < -0.3 is 11.1 Å². The van der Waals surface area contributed by atoms with Crippen molar-refractivity contribution in [3.05, 3.63) is 18.5 Å². The lowest BCUT2D eigenvalue weighted by Crippen LogP contribution is -2.25. The van der Waals surface area contributed by atoms with Crippen LogP contribution in [0.2, 0.25) is 0 Å². The minimum atomic E-state index is -0.413. The molecule has 1 unspecified atom stereocenters. The normalized spacial score (nSPS) is 11.9. The summed E-state index contributed by atoms with van der Waals surface area (Å²) in [6.45, 7) is 1.79. The van der Waals surface area contributed by atoms with E-state index in [0.717, 1.165) is 0 Å². The molecule has 2 aromatic rings. The van der Waals surface area contributed by atoms with Crippen molar-refractivity contribution in [3.8, 4) is 5.95 Å². The Hall–Kier alpha value is -2.75. The number of amides is 1. The Bertz CT molecular complexity index is 582. The van der Waals surface area contributed by atoms with Crippen molar-refractivity contribution in [3.63, 3.8) is 0 Å². The van der Waals surface area contributed by atoms with Crippen LogP contribution in [-0.2, 0) is 4.79 Å². The summed E-state index contributed by atoms with van der Waals surface area (Å²) < 4.78 is 1.46. The van der Waals surface area contributed by atoms with E-state index < -0.39 is 5.91 Å². The van der Waals surface area contributed by atoms with Crippen molar-refractivity contribution in [1.29, 1.82) is 0 Å². The second kappa shape index (κ2) is 5.93. The van der Waals surface area contributed by atoms with Gasteiger partial charge >= 0.3 is 0 Å². The maximum Gasteiger partial charge on any atom is 0.257 e. The van der Waals surface area contributed by atoms with Crippen LogP contribution in [0.5, 0.6) is 0 Å². The maximum atomic E-state index is 10.9. The summed E-state index contributed by atoms with van der Waals surface area (Å²) in [7, 11) is 0. The van der Waals surface area contributed by atoms with Crippen molar-refractivity contribution in [1.82, 2.24) is 24.7 Å². The summed E-state index contributed by atoms with van der Waals surface area (Å²) in [6.07, 6.45) is 3.45. The molecule has 0 aromatic carbocycles. The molecule has 2 aromatic heterocycles. The molecule has 2 heterocycles. The summed E-state index contributed by atoms with van der Waals surface area (Å²) in [5.41, 5.74) is 7.48. The molecule has 1 atom stereocenters. The summed E-state index contributed by atoms with van der Waals surface area (Å²) >= 11 is 0. The van der Waals surface area contributed by atoms with Gasteiger partial charge in [-0.2, -0.15) is 20.1 Å². The highest BCUT2D eigenvalue weighted by molar-refractivity contribution is 5.74. The minimum Gasteiger partial charge on any atom is -0.370 e. The van der Waals surface area contributed by atoms with Crippen LogP contribution in [0.4, 0.5) is 11.9 Å². The van der Waals surface area contributed by atoms with Gasteiger partial charge in [-0.1, -0.05) is 0 Å². The van der Waals surface area contributed by atoms with E-state index in [4.69, 9.17) is 11.6 Å². The number of nitrogens with one attached hydrogen (secondary N) is 2. The second-order valence-corrected chi connectivity index (χ2v) is 4.09. The number of carbonyl (C=O) groups excluding carboxylic acids is 1. The lowest BCUT2D eigenvalue weighted by atomic mass is 10.2. The number of hydrogen-bond donors (Lipinski definition) is 4. The van der Waals surface area contributed by atoms with E-state index in [1.165, 1.54) is 4.68 Å². The predicted molar refractivity (Wildman–Crippen MR) is 71.7 cm³/mol. The van der Waals surface area contributed by atoms with Crippen molar-refractivity contribution in [2.45, 2.75) is 19.4 Å². The summed E-state index contributed by atoms with van der Waals surface area (Å²) in [4.78, 5) is 23.2. The highest BCUT2D eigenvalue weighted by atomic mass is 16.1. The van der Waals surface area contributed by atoms with E-state index >= 15 is 0 Å². The molecule has 1 amide bonds. The molecule has 0 saturated heterocycles. The van der Waals surface area contributed by atoms with Crippen molar-refractivity contribution >= 4 is 17.8 Å². The molecule has 0 bridgehead atoms. The predicted octanol–water partition coefficient (Wildman–Crippen LogP) is -0.981. The fraction of sp³-hybridized carbons (Fsp3) is 0.300. The highest BCUT2D eigenvalue weighted by Gasteiger charge is 2.11. The summed E-state index contributed by atoms with van der Waals surface area (Å²) in [5.74, 6) is 5.65. The van der Waals surface area contributed by atoms with E-state index in [2.05, 4.69) is 30.8 Å². The smallest absolute Gasteiger partial charge is 0.257 e. The first kappa shape index (κ1) is 13.7. The Balaban J connectivity index is 2.24. The quantitative estimate of drug-likeness (QED) is 0.388. The molecular weight excluding hydrogens is 262 g/mol. The SMILES string of the molecule is CC(CC(N)=O)Nc1nc(NN)nc(-n2cccn2)n1. The van der Waals surface area contributed by atoms with Crippen LogP contribution in [0.3, 0.4) is 0 Å². The maximum absolute atomic E-state index is 10.9. The van der Waals surface area contributed by atoms with Gasteiger partial charge in [0.15, 0.2) is 0 Å². The van der Waals surface area contributed by atoms with Crippen LogP contribution in [0.25, 0.3) is 5.95 Å². The first-order valence-corrected chi connectivity index (χ1v) is 5.86. The number of nitrogens with zero attached hydrogens (tertiary/aromatic N) is 5. The van der Waals surface area contributed by atoms with E-state index in [1.807, 2.05) is 0 Å². The van der Waals surface area contributed by atoms with Crippen molar-refractivity contribution < 1.29 is 4.79 Å². The molecule has 10 nitrogen and oxygen atoms in total. The Labute approximate surface area is 114 Å². The number of anilines is 2. The average Bonchev–Trinajstić information content (AvgIpc) is 2.91. The largest absolute Gasteiger partial charge is 0.370 e. The number of primary amides is 1. The molecule has 106 valence electrons. The molecule has 0 radical (unpaired) electrons. The monoisotopic (exact) mass is 277 g/mol. The number of hydrazine groups is 1. The van der Waals surface area contributed by atoms with Crippen LogP contribution in [0, 0.1) is 0 Å². The van der Waals surface area contributed by atoms with Crippen molar-refractivity contribution in [2.24, 2.45) is 11.6 Å². The standard InChI is InChI=1S/C10H15N9O/c1-6(5-7(11)20)14-8-15-9(18-12)17-10(16-8)19-4-2-3-13-19/h2-4,6H,5,12H2,1H3,(H2,11,20)(H2,14,15,16,17,18). The molecule has 20 heavy (non-hydrogen) atoms. The fourth-order valence-electron chi connectivity index (χ4n) is 1.56. The highest BCUT2D eigenvalue weighted by Crippen LogP contribution is 2.09. The molecular formula is C10H15N9O. The third-order valence-corrected chi connectivity index (χ3v) is 2.34. The fourth-order valence-corrected chi connectivity index (χ4v) is 1.56. The first-order valence-electron chi connectivity index (χ1n) is 5.86. The Morgan fingerprint density at radius 2 is 2.15 bits per heavy atom. The molecule has 0 aliphatic carbocycles. The average molecular weight is 277 g/mol. The van der Waals surface area contributed by atoms with Gasteiger partial charge in [-0.05, 0) is 13.0 Å². The van der Waals surface area contributed by atoms with Gasteiger partial charge in [0.2, 0.25) is 17.8 Å². The number of rotatable bonds is 6. The molecule has 0 saturated carbocycles. The molecule has 0 fully saturated rings.